The topological polar surface area (TPSA) is 81.6 Å². The van der Waals surface area contributed by atoms with Crippen LogP contribution in [0.3, 0.4) is 0 Å². The molecule has 4 heterocycles. The number of ether oxygens (including phenoxy) is 1. The van der Waals surface area contributed by atoms with Gasteiger partial charge >= 0.3 is 0 Å². The SMILES string of the molecule is CO[C@@H]1CN(c2cc(C(C)C)nn3cnnc23)C[C@H]1Cc1cc(C)no1. The quantitative estimate of drug-likeness (QED) is 0.693. The lowest BCUT2D eigenvalue weighted by Crippen LogP contribution is -2.24. The number of rotatable bonds is 5. The second kappa shape index (κ2) is 6.68. The Kier molecular flexibility index (Phi) is 4.36. The number of hydrogen-bond acceptors (Lipinski definition) is 7. The van der Waals surface area contributed by atoms with Gasteiger partial charge in [0.15, 0.2) is 0 Å². The fourth-order valence-electron chi connectivity index (χ4n) is 3.62. The Hall–Kier alpha value is -2.48. The molecule has 3 aromatic heterocycles. The highest BCUT2D eigenvalue weighted by atomic mass is 16.5. The number of anilines is 1. The number of hydrogen-bond donors (Lipinski definition) is 0. The van der Waals surface area contributed by atoms with Gasteiger partial charge < -0.3 is 14.2 Å². The van der Waals surface area contributed by atoms with Crippen molar-refractivity contribution in [3.05, 3.63) is 35.6 Å². The first-order valence-corrected chi connectivity index (χ1v) is 8.96. The van der Waals surface area contributed by atoms with Gasteiger partial charge in [0.2, 0.25) is 5.65 Å². The van der Waals surface area contributed by atoms with Crippen molar-refractivity contribution < 1.29 is 9.26 Å². The second-order valence-corrected chi connectivity index (χ2v) is 7.29. The summed E-state index contributed by atoms with van der Waals surface area (Å²) < 4.78 is 12.9. The average molecular weight is 356 g/mol. The van der Waals surface area contributed by atoms with Crippen LogP contribution in [0, 0.1) is 12.8 Å². The van der Waals surface area contributed by atoms with Crippen LogP contribution in [-0.2, 0) is 11.2 Å². The summed E-state index contributed by atoms with van der Waals surface area (Å²) >= 11 is 0. The second-order valence-electron chi connectivity index (χ2n) is 7.29. The Bertz CT molecular complexity index is 902. The van der Waals surface area contributed by atoms with Gasteiger partial charge in [0.1, 0.15) is 12.1 Å². The normalized spacial score (nSPS) is 20.6. The average Bonchev–Trinajstić information content (AvgIpc) is 3.33. The zero-order valence-corrected chi connectivity index (χ0v) is 15.6. The molecule has 0 spiro atoms. The Balaban J connectivity index is 1.64. The first-order valence-electron chi connectivity index (χ1n) is 8.96. The van der Waals surface area contributed by atoms with Crippen LogP contribution in [0.5, 0.6) is 0 Å². The fourth-order valence-corrected chi connectivity index (χ4v) is 3.62. The van der Waals surface area contributed by atoms with Crippen LogP contribution >= 0.6 is 0 Å². The Morgan fingerprint density at radius 3 is 2.85 bits per heavy atom. The monoisotopic (exact) mass is 356 g/mol. The molecule has 2 atom stereocenters. The van der Waals surface area contributed by atoms with Gasteiger partial charge in [-0.1, -0.05) is 19.0 Å². The first kappa shape index (κ1) is 17.0. The summed E-state index contributed by atoms with van der Waals surface area (Å²) in [4.78, 5) is 2.32. The van der Waals surface area contributed by atoms with E-state index in [0.717, 1.165) is 48.0 Å². The fraction of sp³-hybridized carbons (Fsp3) is 0.556. The molecular weight excluding hydrogens is 332 g/mol. The molecule has 0 amide bonds. The molecule has 1 fully saturated rings. The molecule has 0 N–H and O–H groups in total. The lowest BCUT2D eigenvalue weighted by Gasteiger charge is -2.20. The molecule has 0 unspecified atom stereocenters. The van der Waals surface area contributed by atoms with E-state index in [1.54, 1.807) is 18.0 Å². The third kappa shape index (κ3) is 3.05. The number of fused-ring (bicyclic) bond motifs is 1. The van der Waals surface area contributed by atoms with Crippen molar-refractivity contribution >= 4 is 11.3 Å². The molecule has 4 rings (SSSR count). The van der Waals surface area contributed by atoms with E-state index in [9.17, 15) is 0 Å². The summed E-state index contributed by atoms with van der Waals surface area (Å²) in [6.45, 7) is 7.88. The molecular formula is C18H24N6O2. The minimum atomic E-state index is 0.124. The molecule has 0 saturated carbocycles. The predicted molar refractivity (Wildman–Crippen MR) is 96.3 cm³/mol. The van der Waals surface area contributed by atoms with E-state index in [0.29, 0.717) is 11.8 Å². The zero-order valence-electron chi connectivity index (χ0n) is 15.6. The van der Waals surface area contributed by atoms with Crippen LogP contribution in [0.15, 0.2) is 23.0 Å². The lowest BCUT2D eigenvalue weighted by atomic mass is 10.0. The molecule has 0 aromatic carbocycles. The van der Waals surface area contributed by atoms with Crippen molar-refractivity contribution in [2.75, 3.05) is 25.1 Å². The molecule has 8 nitrogen and oxygen atoms in total. The van der Waals surface area contributed by atoms with E-state index in [2.05, 4.69) is 45.3 Å². The zero-order chi connectivity index (χ0) is 18.3. The smallest absolute Gasteiger partial charge is 0.200 e. The molecule has 26 heavy (non-hydrogen) atoms. The summed E-state index contributed by atoms with van der Waals surface area (Å²) in [5.41, 5.74) is 3.76. The van der Waals surface area contributed by atoms with Crippen molar-refractivity contribution in [2.45, 2.75) is 39.2 Å². The summed E-state index contributed by atoms with van der Waals surface area (Å²) in [6, 6.07) is 4.12. The van der Waals surface area contributed by atoms with Crippen molar-refractivity contribution in [1.29, 1.82) is 0 Å². The van der Waals surface area contributed by atoms with E-state index in [1.807, 2.05) is 13.0 Å². The molecule has 8 heteroatoms. The van der Waals surface area contributed by atoms with Crippen molar-refractivity contribution in [3.63, 3.8) is 0 Å². The van der Waals surface area contributed by atoms with Gasteiger partial charge in [-0.15, -0.1) is 10.2 Å². The number of aromatic nitrogens is 5. The summed E-state index contributed by atoms with van der Waals surface area (Å²) in [5, 5.41) is 16.9. The van der Waals surface area contributed by atoms with E-state index >= 15 is 0 Å². The Morgan fingerprint density at radius 2 is 2.15 bits per heavy atom. The Morgan fingerprint density at radius 1 is 1.31 bits per heavy atom. The highest BCUT2D eigenvalue weighted by Gasteiger charge is 2.35. The summed E-state index contributed by atoms with van der Waals surface area (Å²) in [6.07, 6.45) is 2.59. The molecule has 0 radical (unpaired) electrons. The number of methoxy groups -OCH3 is 1. The van der Waals surface area contributed by atoms with Crippen LogP contribution in [0.4, 0.5) is 5.69 Å². The molecule has 1 aliphatic rings. The molecule has 138 valence electrons. The van der Waals surface area contributed by atoms with Crippen molar-refractivity contribution in [2.24, 2.45) is 5.92 Å². The van der Waals surface area contributed by atoms with E-state index in [1.165, 1.54) is 0 Å². The van der Waals surface area contributed by atoms with Crippen molar-refractivity contribution in [1.82, 2.24) is 25.0 Å². The van der Waals surface area contributed by atoms with Gasteiger partial charge in [-0.2, -0.15) is 9.61 Å². The van der Waals surface area contributed by atoms with Crippen LogP contribution < -0.4 is 4.90 Å². The Labute approximate surface area is 152 Å². The molecule has 1 aliphatic heterocycles. The molecule has 0 bridgehead atoms. The maximum absolute atomic E-state index is 5.76. The summed E-state index contributed by atoms with van der Waals surface area (Å²) in [7, 11) is 1.77. The van der Waals surface area contributed by atoms with Gasteiger partial charge in [0.25, 0.3) is 0 Å². The van der Waals surface area contributed by atoms with Crippen molar-refractivity contribution in [3.8, 4) is 0 Å². The minimum Gasteiger partial charge on any atom is -0.379 e. The molecule has 1 saturated heterocycles. The van der Waals surface area contributed by atoms with Gasteiger partial charge in [0.05, 0.1) is 23.2 Å². The van der Waals surface area contributed by atoms with Crippen LogP contribution in [-0.4, -0.2) is 51.3 Å². The standard InChI is InChI=1S/C18H24N6O2/c1-11(2)15-7-16(18-20-19-10-24(18)21-15)23-8-13(17(9-23)25-4)6-14-5-12(3)22-26-14/h5,7,10-11,13,17H,6,8-9H2,1-4H3/t13-,17-/m1/s1. The number of aryl methyl sites for hydroxylation is 1. The van der Waals surface area contributed by atoms with Gasteiger partial charge in [0, 0.05) is 38.6 Å². The van der Waals surface area contributed by atoms with Crippen LogP contribution in [0.2, 0.25) is 0 Å². The van der Waals surface area contributed by atoms with Crippen LogP contribution in [0.25, 0.3) is 5.65 Å². The first-order chi connectivity index (χ1) is 12.5. The predicted octanol–water partition coefficient (Wildman–Crippen LogP) is 2.24. The third-order valence-corrected chi connectivity index (χ3v) is 5.02. The van der Waals surface area contributed by atoms with E-state index < -0.39 is 0 Å². The van der Waals surface area contributed by atoms with Gasteiger partial charge in [-0.25, -0.2) is 0 Å². The number of nitrogens with zero attached hydrogens (tertiary/aromatic N) is 6. The maximum Gasteiger partial charge on any atom is 0.200 e. The van der Waals surface area contributed by atoms with Gasteiger partial charge in [-0.05, 0) is 18.9 Å². The highest BCUT2D eigenvalue weighted by molar-refractivity contribution is 5.69. The largest absolute Gasteiger partial charge is 0.379 e. The molecule has 3 aromatic rings. The summed E-state index contributed by atoms with van der Waals surface area (Å²) in [5.74, 6) is 1.56. The highest BCUT2D eigenvalue weighted by Crippen LogP contribution is 2.31. The minimum absolute atomic E-state index is 0.124. The van der Waals surface area contributed by atoms with Crippen LogP contribution in [0.1, 0.15) is 36.9 Å². The van der Waals surface area contributed by atoms with E-state index in [-0.39, 0.29) is 6.10 Å². The van der Waals surface area contributed by atoms with Gasteiger partial charge in [-0.3, -0.25) is 0 Å². The van der Waals surface area contributed by atoms with E-state index in [4.69, 9.17) is 9.26 Å². The maximum atomic E-state index is 5.76. The lowest BCUT2D eigenvalue weighted by molar-refractivity contribution is 0.0813. The third-order valence-electron chi connectivity index (χ3n) is 5.02. The molecule has 0 aliphatic carbocycles.